The van der Waals surface area contributed by atoms with Crippen molar-refractivity contribution < 1.29 is 28.6 Å². The van der Waals surface area contributed by atoms with Crippen molar-refractivity contribution in [3.63, 3.8) is 0 Å². The number of carbonyl (C=O) groups excluding carboxylic acids is 3. The third-order valence-corrected chi connectivity index (χ3v) is 11.9. The van der Waals surface area contributed by atoms with Gasteiger partial charge in [0.25, 0.3) is 11.8 Å². The first kappa shape index (κ1) is 48.0. The summed E-state index contributed by atoms with van der Waals surface area (Å²) >= 11 is 0. The molecular formula is C47H63ClN10O6. The number of likely N-dealkylation sites (tertiary alicyclic amines) is 1. The minimum absolute atomic E-state index is 0. The number of rotatable bonds is 10. The minimum Gasteiger partial charge on any atom is -0.444 e. The molecule has 0 radical (unpaired) electrons. The average molecular weight is 900 g/mol. The number of hydrogen-bond acceptors (Lipinski definition) is 13. The summed E-state index contributed by atoms with van der Waals surface area (Å²) in [5.41, 5.74) is 17.1. The van der Waals surface area contributed by atoms with E-state index >= 15 is 0 Å². The number of morpholine rings is 2. The third-order valence-electron chi connectivity index (χ3n) is 11.9. The van der Waals surface area contributed by atoms with Crippen LogP contribution in [0.25, 0.3) is 0 Å². The largest absolute Gasteiger partial charge is 0.444 e. The highest BCUT2D eigenvalue weighted by atomic mass is 35.5. The molecular weight excluding hydrogens is 836 g/mol. The Morgan fingerprint density at radius 3 is 1.45 bits per heavy atom. The number of ether oxygens (including phenoxy) is 3. The number of halogens is 1. The van der Waals surface area contributed by atoms with Crippen LogP contribution < -0.4 is 26.6 Å². The van der Waals surface area contributed by atoms with E-state index in [1.54, 1.807) is 17.3 Å². The van der Waals surface area contributed by atoms with E-state index < -0.39 is 17.4 Å². The summed E-state index contributed by atoms with van der Waals surface area (Å²) in [7, 11) is 0. The van der Waals surface area contributed by atoms with E-state index in [1.807, 2.05) is 20.8 Å². The maximum Gasteiger partial charge on any atom is 0.410 e. The van der Waals surface area contributed by atoms with E-state index in [4.69, 9.17) is 35.6 Å². The number of amides is 3. The molecule has 0 aliphatic carbocycles. The van der Waals surface area contributed by atoms with Gasteiger partial charge in [-0.05, 0) is 93.6 Å². The number of nitrogens with two attached hydrogens (primary N) is 2. The SMILES string of the molecule is CC(C)(C)OC(=O)N1CCC(c2ccc(Cc3nc(N4CCOCC4)cnc3C(N)=O)cc2)CC1.Cl.NC(=O)c1ncc(N2CCOCC2)nc1Cc1ccc(C2CCNCC2)cc1. The Balaban J connectivity index is 0.000000214. The van der Waals surface area contributed by atoms with Crippen LogP contribution in [0.4, 0.5) is 16.4 Å². The normalized spacial score (nSPS) is 17.5. The van der Waals surface area contributed by atoms with Crippen LogP contribution in [0.15, 0.2) is 60.9 Å². The molecule has 4 saturated heterocycles. The quantitative estimate of drug-likeness (QED) is 0.192. The number of piperidine rings is 2. The summed E-state index contributed by atoms with van der Waals surface area (Å²) in [6.07, 6.45) is 8.18. The van der Waals surface area contributed by atoms with Crippen molar-refractivity contribution in [3.05, 3.63) is 106 Å². The summed E-state index contributed by atoms with van der Waals surface area (Å²) in [6.45, 7) is 14.9. The second kappa shape index (κ2) is 22.5. The Labute approximate surface area is 382 Å². The molecule has 0 saturated carbocycles. The van der Waals surface area contributed by atoms with Crippen LogP contribution in [0.3, 0.4) is 0 Å². The molecule has 4 fully saturated rings. The van der Waals surface area contributed by atoms with E-state index in [0.29, 0.717) is 75.6 Å². The van der Waals surface area contributed by atoms with Crippen LogP contribution in [0.5, 0.6) is 0 Å². The van der Waals surface area contributed by atoms with Crippen molar-refractivity contribution in [1.29, 1.82) is 0 Å². The molecule has 4 aliphatic heterocycles. The van der Waals surface area contributed by atoms with Gasteiger partial charge in [-0.1, -0.05) is 48.5 Å². The Kier molecular flexibility index (Phi) is 16.9. The van der Waals surface area contributed by atoms with E-state index in [-0.39, 0.29) is 29.9 Å². The zero-order valence-electron chi connectivity index (χ0n) is 37.3. The lowest BCUT2D eigenvalue weighted by Gasteiger charge is -2.33. The van der Waals surface area contributed by atoms with Gasteiger partial charge in [-0.25, -0.2) is 24.7 Å². The standard InChI is InChI=1S/C26H35N5O4.C21H27N5O2.ClH/c1-26(2,3)35-25(33)31-10-8-20(9-11-31)19-6-4-18(5-7-19)16-21-23(24(27)32)28-17-22(29-21)30-12-14-34-15-13-30;22-21(27)20-18(25-19(14-24-20)26-9-11-28-12-10-26)13-15-1-3-16(4-2-15)17-5-7-23-8-6-17;/h4-7,17,20H,8-16H2,1-3H3,(H2,27,32);1-4,14,17,23H,5-13H2,(H2,22,27);1H. The van der Waals surface area contributed by atoms with Crippen LogP contribution >= 0.6 is 12.4 Å². The minimum atomic E-state index is -0.575. The van der Waals surface area contributed by atoms with Gasteiger partial charge in [-0.2, -0.15) is 0 Å². The van der Waals surface area contributed by atoms with Gasteiger partial charge in [0.05, 0.1) is 50.2 Å². The number of nitrogens with one attached hydrogen (secondary N) is 1. The van der Waals surface area contributed by atoms with Crippen molar-refractivity contribution in [1.82, 2.24) is 30.2 Å². The lowest BCUT2D eigenvalue weighted by atomic mass is 9.89. The molecule has 4 aliphatic rings. The molecule has 16 nitrogen and oxygen atoms in total. The number of aromatic nitrogens is 4. The van der Waals surface area contributed by atoms with Crippen LogP contribution in [-0.2, 0) is 27.1 Å². The predicted octanol–water partition coefficient (Wildman–Crippen LogP) is 5.01. The third kappa shape index (κ3) is 13.1. The smallest absolute Gasteiger partial charge is 0.410 e. The molecule has 5 N–H and O–H groups in total. The van der Waals surface area contributed by atoms with Gasteiger partial charge < -0.3 is 45.7 Å². The monoisotopic (exact) mass is 898 g/mol. The summed E-state index contributed by atoms with van der Waals surface area (Å²) in [5.74, 6) is 1.42. The molecule has 3 amide bonds. The van der Waals surface area contributed by atoms with E-state index in [2.05, 4.69) is 73.6 Å². The molecule has 2 aromatic carbocycles. The first-order valence-electron chi connectivity index (χ1n) is 22.2. The van der Waals surface area contributed by atoms with Crippen molar-refractivity contribution in [2.24, 2.45) is 11.5 Å². The molecule has 0 atom stereocenters. The van der Waals surface area contributed by atoms with Gasteiger partial charge in [0.15, 0.2) is 0 Å². The lowest BCUT2D eigenvalue weighted by Crippen LogP contribution is -2.41. The number of primary amides is 2. The molecule has 0 spiro atoms. The zero-order chi connectivity index (χ0) is 44.3. The maximum absolute atomic E-state index is 12.3. The predicted molar refractivity (Wildman–Crippen MR) is 248 cm³/mol. The van der Waals surface area contributed by atoms with Crippen molar-refractivity contribution >= 4 is 42.0 Å². The number of nitrogens with zero attached hydrogens (tertiary/aromatic N) is 7. The molecule has 2 aromatic heterocycles. The Bertz CT molecular complexity index is 2160. The second-order valence-corrected chi connectivity index (χ2v) is 17.6. The van der Waals surface area contributed by atoms with Crippen LogP contribution in [0.1, 0.15) is 113 Å². The summed E-state index contributed by atoms with van der Waals surface area (Å²) in [6, 6.07) is 17.1. The molecule has 64 heavy (non-hydrogen) atoms. The van der Waals surface area contributed by atoms with Crippen LogP contribution in [-0.4, -0.2) is 127 Å². The molecule has 0 unspecified atom stereocenters. The summed E-state index contributed by atoms with van der Waals surface area (Å²) in [5, 5.41) is 3.41. The van der Waals surface area contributed by atoms with Gasteiger partial charge in [0, 0.05) is 52.1 Å². The fourth-order valence-corrected chi connectivity index (χ4v) is 8.46. The van der Waals surface area contributed by atoms with Gasteiger partial charge in [-0.15, -0.1) is 12.4 Å². The van der Waals surface area contributed by atoms with E-state index in [0.717, 1.165) is 74.9 Å². The molecule has 6 heterocycles. The summed E-state index contributed by atoms with van der Waals surface area (Å²) < 4.78 is 16.3. The molecule has 0 bridgehead atoms. The highest BCUT2D eigenvalue weighted by molar-refractivity contribution is 5.92. The number of anilines is 2. The first-order chi connectivity index (χ1) is 30.4. The molecule has 8 rings (SSSR count). The Hall–Kier alpha value is -5.42. The lowest BCUT2D eigenvalue weighted by molar-refractivity contribution is 0.0204. The first-order valence-corrected chi connectivity index (χ1v) is 22.2. The summed E-state index contributed by atoms with van der Waals surface area (Å²) in [4.78, 5) is 60.3. The van der Waals surface area contributed by atoms with Gasteiger partial charge >= 0.3 is 6.09 Å². The number of carbonyl (C=O) groups is 3. The molecule has 344 valence electrons. The van der Waals surface area contributed by atoms with Gasteiger partial charge in [0.2, 0.25) is 0 Å². The van der Waals surface area contributed by atoms with Crippen LogP contribution in [0.2, 0.25) is 0 Å². The topological polar surface area (TPSA) is 204 Å². The number of hydrogen-bond donors (Lipinski definition) is 3. The Morgan fingerprint density at radius 1 is 0.656 bits per heavy atom. The molecule has 17 heteroatoms. The van der Waals surface area contributed by atoms with Gasteiger partial charge in [-0.3, -0.25) is 9.59 Å². The van der Waals surface area contributed by atoms with Crippen LogP contribution in [0, 0.1) is 0 Å². The molecule has 4 aromatic rings. The second-order valence-electron chi connectivity index (χ2n) is 17.6. The maximum atomic E-state index is 12.3. The van der Waals surface area contributed by atoms with E-state index in [1.165, 1.54) is 24.0 Å². The van der Waals surface area contributed by atoms with Crippen molar-refractivity contribution in [3.8, 4) is 0 Å². The highest BCUT2D eigenvalue weighted by Crippen LogP contribution is 2.30. The zero-order valence-corrected chi connectivity index (χ0v) is 38.1. The fraction of sp³-hybridized carbons (Fsp3) is 0.511. The fourth-order valence-electron chi connectivity index (χ4n) is 8.46. The van der Waals surface area contributed by atoms with Gasteiger partial charge in [0.1, 0.15) is 28.6 Å². The van der Waals surface area contributed by atoms with Crippen molar-refractivity contribution in [2.45, 2.75) is 76.7 Å². The highest BCUT2D eigenvalue weighted by Gasteiger charge is 2.28. The number of benzene rings is 2. The van der Waals surface area contributed by atoms with E-state index in [9.17, 15) is 14.4 Å². The Morgan fingerprint density at radius 2 is 1.06 bits per heavy atom. The van der Waals surface area contributed by atoms with Crippen molar-refractivity contribution in [2.75, 3.05) is 88.6 Å². The average Bonchev–Trinajstić information content (AvgIpc) is 3.30.